The third-order valence-electron chi connectivity index (χ3n) is 6.36. The molecule has 0 amide bonds. The molecule has 3 heterocycles. The molecule has 2 aliphatic heterocycles. The van der Waals surface area contributed by atoms with E-state index in [1.54, 1.807) is 12.3 Å². The second-order valence-electron chi connectivity index (χ2n) is 8.90. The van der Waals surface area contributed by atoms with E-state index in [-0.39, 0.29) is 29.2 Å². The first-order valence-electron chi connectivity index (χ1n) is 9.29. The highest BCUT2D eigenvalue weighted by atomic mass is 28.4. The number of hydrogen-bond acceptors (Lipinski definition) is 6. The van der Waals surface area contributed by atoms with Crippen molar-refractivity contribution in [3.63, 3.8) is 0 Å². The molecule has 0 unspecified atom stereocenters. The van der Waals surface area contributed by atoms with Crippen molar-refractivity contribution in [2.24, 2.45) is 0 Å². The normalized spacial score (nSPS) is 34.4. The van der Waals surface area contributed by atoms with Crippen LogP contribution in [0.25, 0.3) is 0 Å². The molecule has 1 aromatic rings. The van der Waals surface area contributed by atoms with Crippen molar-refractivity contribution < 1.29 is 13.9 Å². The Bertz CT molecular complexity index is 745. The smallest absolute Gasteiger partial charge is 0.351 e. The van der Waals surface area contributed by atoms with E-state index < -0.39 is 25.8 Å². The Labute approximate surface area is 156 Å². The van der Waals surface area contributed by atoms with Crippen LogP contribution in [-0.2, 0) is 13.9 Å². The third-order valence-corrected chi connectivity index (χ3v) is 10.8. The zero-order valence-corrected chi connectivity index (χ0v) is 17.8. The van der Waals surface area contributed by atoms with Crippen LogP contribution in [0.5, 0.6) is 0 Å². The van der Waals surface area contributed by atoms with Crippen LogP contribution >= 0.6 is 0 Å². The molecule has 2 N–H and O–H groups in total. The van der Waals surface area contributed by atoms with Gasteiger partial charge in [-0.1, -0.05) is 27.7 Å². The molecular weight excluding hydrogens is 350 g/mol. The van der Waals surface area contributed by atoms with Gasteiger partial charge in [0.05, 0.1) is 6.10 Å². The summed E-state index contributed by atoms with van der Waals surface area (Å²) in [6, 6.07) is 1.60. The summed E-state index contributed by atoms with van der Waals surface area (Å²) in [7, 11) is -2.04. The Morgan fingerprint density at radius 2 is 2.08 bits per heavy atom. The summed E-state index contributed by atoms with van der Waals surface area (Å²) < 4.78 is 20.9. The molecule has 0 aliphatic carbocycles. The molecule has 0 spiro atoms. The predicted octanol–water partition coefficient (Wildman–Crippen LogP) is 2.68. The van der Waals surface area contributed by atoms with Crippen molar-refractivity contribution in [3.05, 3.63) is 22.7 Å². The van der Waals surface area contributed by atoms with Gasteiger partial charge in [0.1, 0.15) is 23.6 Å². The summed E-state index contributed by atoms with van der Waals surface area (Å²) in [4.78, 5) is 16.2. The molecule has 8 heteroatoms. The Hall–Kier alpha value is -1.22. The van der Waals surface area contributed by atoms with E-state index >= 15 is 0 Å². The van der Waals surface area contributed by atoms with E-state index in [1.807, 2.05) is 6.92 Å². The lowest BCUT2D eigenvalue weighted by Gasteiger charge is -2.41. The highest BCUT2D eigenvalue weighted by Gasteiger charge is 2.67. The number of anilines is 1. The molecule has 2 fully saturated rings. The van der Waals surface area contributed by atoms with Crippen LogP contribution in [0, 0.1) is 0 Å². The number of hydrogen-bond donors (Lipinski definition) is 1. The Morgan fingerprint density at radius 1 is 1.42 bits per heavy atom. The lowest BCUT2D eigenvalue weighted by molar-refractivity contribution is -0.208. The molecule has 7 nitrogen and oxygen atoms in total. The molecule has 0 aromatic carbocycles. The number of nitrogens with two attached hydrogens (primary N) is 1. The van der Waals surface area contributed by atoms with E-state index in [2.05, 4.69) is 45.8 Å². The number of nitrogens with zero attached hydrogens (tertiary/aromatic N) is 2. The van der Waals surface area contributed by atoms with Gasteiger partial charge < -0.3 is 19.6 Å². The Morgan fingerprint density at radius 3 is 2.62 bits per heavy atom. The fraction of sp³-hybridized carbons (Fsp3) is 0.778. The van der Waals surface area contributed by atoms with Crippen molar-refractivity contribution >= 4 is 14.1 Å². The van der Waals surface area contributed by atoms with Gasteiger partial charge in [-0.25, -0.2) is 4.79 Å². The second kappa shape index (κ2) is 6.15. The van der Waals surface area contributed by atoms with Gasteiger partial charge >= 0.3 is 5.69 Å². The first kappa shape index (κ1) is 19.5. The highest BCUT2D eigenvalue weighted by molar-refractivity contribution is 6.74. The van der Waals surface area contributed by atoms with Gasteiger partial charge in [0.2, 0.25) is 0 Å². The van der Waals surface area contributed by atoms with E-state index in [0.29, 0.717) is 0 Å². The zero-order valence-electron chi connectivity index (χ0n) is 16.8. The van der Waals surface area contributed by atoms with E-state index in [0.717, 1.165) is 6.42 Å². The van der Waals surface area contributed by atoms with Crippen molar-refractivity contribution in [2.45, 2.75) is 89.3 Å². The van der Waals surface area contributed by atoms with Crippen LogP contribution in [0.3, 0.4) is 0 Å². The predicted molar refractivity (Wildman–Crippen MR) is 102 cm³/mol. The van der Waals surface area contributed by atoms with Crippen molar-refractivity contribution in [2.75, 3.05) is 5.73 Å². The largest absolute Gasteiger partial charge is 0.408 e. The molecular formula is C18H31N3O4Si. The van der Waals surface area contributed by atoms with Crippen molar-refractivity contribution in [1.82, 2.24) is 9.55 Å². The summed E-state index contributed by atoms with van der Waals surface area (Å²) in [6.07, 6.45) is 1.16. The lowest BCUT2D eigenvalue weighted by Crippen LogP contribution is -2.52. The number of rotatable bonds is 4. The molecule has 1 aromatic heterocycles. The van der Waals surface area contributed by atoms with Gasteiger partial charge in [-0.2, -0.15) is 4.98 Å². The zero-order chi connectivity index (χ0) is 19.5. The maximum absolute atomic E-state index is 12.3. The van der Waals surface area contributed by atoms with Gasteiger partial charge in [-0.3, -0.25) is 4.57 Å². The third kappa shape index (κ3) is 2.83. The van der Waals surface area contributed by atoms with Crippen LogP contribution in [0.2, 0.25) is 18.1 Å². The summed E-state index contributed by atoms with van der Waals surface area (Å²) >= 11 is 0. The molecule has 146 valence electrons. The fourth-order valence-corrected chi connectivity index (χ4v) is 4.99. The molecule has 3 rings (SSSR count). The molecule has 2 aliphatic rings. The molecule has 2 bridgehead atoms. The highest BCUT2D eigenvalue weighted by Crippen LogP contribution is 2.53. The lowest BCUT2D eigenvalue weighted by atomic mass is 9.91. The minimum Gasteiger partial charge on any atom is -0.408 e. The average Bonchev–Trinajstić information content (AvgIpc) is 2.94. The number of ether oxygens (including phenoxy) is 2. The van der Waals surface area contributed by atoms with Crippen LogP contribution in [0.4, 0.5) is 5.82 Å². The maximum atomic E-state index is 12.3. The van der Waals surface area contributed by atoms with Crippen molar-refractivity contribution in [3.8, 4) is 0 Å². The van der Waals surface area contributed by atoms with Gasteiger partial charge in [-0.05, 0) is 37.5 Å². The molecule has 0 saturated carbocycles. The molecule has 0 radical (unpaired) electrons. The maximum Gasteiger partial charge on any atom is 0.351 e. The SMILES string of the molecule is CC[C@]12O[C@@H](n3ccc(N)nc3=O)[C@H](O[C@H]1C)[C@@H]2O[Si](C)(C)C(C)(C)C. The second-order valence-corrected chi connectivity index (χ2v) is 13.7. The van der Waals surface area contributed by atoms with Crippen LogP contribution < -0.4 is 11.4 Å². The van der Waals surface area contributed by atoms with E-state index in [4.69, 9.17) is 19.6 Å². The Kier molecular flexibility index (Phi) is 4.62. The summed E-state index contributed by atoms with van der Waals surface area (Å²) in [6.45, 7) is 15.2. The van der Waals surface area contributed by atoms with Crippen LogP contribution in [0.1, 0.15) is 47.3 Å². The number of aromatic nitrogens is 2. The number of fused-ring (bicyclic) bond motifs is 2. The van der Waals surface area contributed by atoms with E-state index in [1.165, 1.54) is 4.57 Å². The van der Waals surface area contributed by atoms with Gasteiger partial charge in [0.15, 0.2) is 14.5 Å². The van der Waals surface area contributed by atoms with Crippen LogP contribution in [-0.4, -0.2) is 41.8 Å². The average molecular weight is 382 g/mol. The number of nitrogen functional groups attached to an aromatic ring is 1. The van der Waals surface area contributed by atoms with E-state index in [9.17, 15) is 4.79 Å². The van der Waals surface area contributed by atoms with Gasteiger partial charge in [0.25, 0.3) is 0 Å². The standard InChI is InChI=1S/C18H31N3O4Si/c1-8-18-11(2)23-13(14(18)25-26(6,7)17(3,4)5)15(24-18)21-10-9-12(19)20-16(21)22/h9-11,13-15H,8H2,1-7H3,(H2,19,20,22)/t11-,13+,14-,15+,18-/m0/s1. The van der Waals surface area contributed by atoms with Gasteiger partial charge in [-0.15, -0.1) is 0 Å². The minimum absolute atomic E-state index is 0.0717. The molecule has 2 saturated heterocycles. The fourth-order valence-electron chi connectivity index (χ4n) is 3.67. The summed E-state index contributed by atoms with van der Waals surface area (Å²) in [5.41, 5.74) is 4.62. The summed E-state index contributed by atoms with van der Waals surface area (Å²) in [5, 5.41) is 0.0717. The van der Waals surface area contributed by atoms with Crippen LogP contribution in [0.15, 0.2) is 17.1 Å². The minimum atomic E-state index is -2.04. The first-order chi connectivity index (χ1) is 11.9. The van der Waals surface area contributed by atoms with Gasteiger partial charge in [0, 0.05) is 6.20 Å². The molecule has 26 heavy (non-hydrogen) atoms. The van der Waals surface area contributed by atoms with Crippen molar-refractivity contribution in [1.29, 1.82) is 0 Å². The Balaban J connectivity index is 1.99. The quantitative estimate of drug-likeness (QED) is 0.807. The topological polar surface area (TPSA) is 88.6 Å². The monoisotopic (exact) mass is 381 g/mol. The first-order valence-corrected chi connectivity index (χ1v) is 12.2. The summed E-state index contributed by atoms with van der Waals surface area (Å²) in [5.74, 6) is 0.197. The molecule has 5 atom stereocenters.